The third kappa shape index (κ3) is 2.42. The second kappa shape index (κ2) is 4.82. The summed E-state index contributed by atoms with van der Waals surface area (Å²) < 4.78 is 0. The Bertz CT molecular complexity index is 289. The first-order valence-corrected chi connectivity index (χ1v) is 4.47. The zero-order chi connectivity index (χ0) is 9.68. The van der Waals surface area contributed by atoms with E-state index >= 15 is 0 Å². The number of aliphatic imine (C=N–C) groups is 1. The summed E-state index contributed by atoms with van der Waals surface area (Å²) in [6, 6.07) is 0. The van der Waals surface area contributed by atoms with Crippen molar-refractivity contribution < 1.29 is 0 Å². The van der Waals surface area contributed by atoms with E-state index in [0.717, 1.165) is 29.3 Å². The zero-order valence-electron chi connectivity index (χ0n) is 7.47. The maximum Gasteiger partial charge on any atom is 0.100 e. The normalized spacial score (nSPS) is 17.5. The van der Waals surface area contributed by atoms with Gasteiger partial charge in [0.05, 0.1) is 5.70 Å². The smallest absolute Gasteiger partial charge is 0.100 e. The highest BCUT2D eigenvalue weighted by Crippen LogP contribution is 2.24. The third-order valence-electron chi connectivity index (χ3n) is 1.74. The molecule has 0 aromatic carbocycles. The Morgan fingerprint density at radius 1 is 1.77 bits per heavy atom. The molecule has 1 aliphatic rings. The van der Waals surface area contributed by atoms with Crippen LogP contribution in [0.1, 0.15) is 12.8 Å². The molecule has 0 bridgehead atoms. The molecule has 1 aliphatic heterocycles. The molecule has 0 unspecified atom stereocenters. The molecule has 0 radical (unpaired) electrons. The Labute approximate surface area is 82.7 Å². The van der Waals surface area contributed by atoms with Crippen LogP contribution in [-0.2, 0) is 0 Å². The first-order chi connectivity index (χ1) is 6.29. The molecule has 0 atom stereocenters. The zero-order valence-corrected chi connectivity index (χ0v) is 8.23. The van der Waals surface area contributed by atoms with Gasteiger partial charge in [-0.2, -0.15) is 0 Å². The predicted octanol–water partition coefficient (Wildman–Crippen LogP) is 2.05. The summed E-state index contributed by atoms with van der Waals surface area (Å²) in [5.41, 5.74) is 1.54. The highest BCUT2D eigenvalue weighted by atomic mass is 35.5. The number of halogens is 1. The van der Waals surface area contributed by atoms with Crippen LogP contribution in [0.25, 0.3) is 0 Å². The maximum atomic E-state index is 6.96. The van der Waals surface area contributed by atoms with E-state index in [1.165, 1.54) is 6.21 Å². The molecule has 1 heterocycles. The van der Waals surface area contributed by atoms with Crippen LogP contribution in [0.3, 0.4) is 0 Å². The van der Waals surface area contributed by atoms with Gasteiger partial charge in [0, 0.05) is 24.5 Å². The average molecular weight is 198 g/mol. The molecule has 70 valence electrons. The summed E-state index contributed by atoms with van der Waals surface area (Å²) in [7, 11) is 1.79. The molecule has 2 N–H and O–H groups in total. The number of nitrogens with zero attached hydrogens (tertiary/aromatic N) is 1. The number of allylic oxidation sites excluding steroid dienone is 2. The Hall–Kier alpha value is -1.09. The average Bonchev–Trinajstić information content (AvgIpc) is 2.16. The van der Waals surface area contributed by atoms with Crippen LogP contribution in [0.4, 0.5) is 0 Å². The molecule has 0 fully saturated rings. The lowest BCUT2D eigenvalue weighted by atomic mass is 10.2. The summed E-state index contributed by atoms with van der Waals surface area (Å²) >= 11 is 6.00. The predicted molar refractivity (Wildman–Crippen MR) is 56.5 cm³/mol. The summed E-state index contributed by atoms with van der Waals surface area (Å²) in [5, 5.41) is 10.7. The van der Waals surface area contributed by atoms with Crippen LogP contribution < -0.4 is 5.32 Å². The molecule has 0 amide bonds. The number of nitrogens with one attached hydrogen (secondary N) is 2. The molecule has 0 saturated carbocycles. The number of hydrogen-bond donors (Lipinski definition) is 2. The first-order valence-electron chi connectivity index (χ1n) is 4.09. The molecular weight excluding hydrogens is 186 g/mol. The van der Waals surface area contributed by atoms with E-state index in [2.05, 4.69) is 10.3 Å². The van der Waals surface area contributed by atoms with Gasteiger partial charge in [0.15, 0.2) is 0 Å². The minimum Gasteiger partial charge on any atom is -0.386 e. The topological polar surface area (TPSA) is 48.2 Å². The van der Waals surface area contributed by atoms with Crippen molar-refractivity contribution in [2.45, 2.75) is 12.8 Å². The quantitative estimate of drug-likeness (QED) is 0.669. The second-order valence-corrected chi connectivity index (χ2v) is 3.06. The van der Waals surface area contributed by atoms with Gasteiger partial charge in [-0.15, -0.1) is 0 Å². The molecule has 0 aliphatic carbocycles. The van der Waals surface area contributed by atoms with Gasteiger partial charge in [-0.05, 0) is 18.9 Å². The van der Waals surface area contributed by atoms with Crippen molar-refractivity contribution in [2.75, 3.05) is 7.05 Å². The van der Waals surface area contributed by atoms with Gasteiger partial charge in [-0.3, -0.25) is 4.99 Å². The lowest BCUT2D eigenvalue weighted by Crippen LogP contribution is -2.10. The SMILES string of the molecule is CN/C(=C\C=N)C1=C(Cl)CCC=N1. The largest absolute Gasteiger partial charge is 0.386 e. The van der Waals surface area contributed by atoms with E-state index in [-0.39, 0.29) is 0 Å². The minimum atomic E-state index is 0.749. The van der Waals surface area contributed by atoms with Gasteiger partial charge in [-0.25, -0.2) is 0 Å². The van der Waals surface area contributed by atoms with Crippen molar-refractivity contribution in [2.24, 2.45) is 4.99 Å². The van der Waals surface area contributed by atoms with Gasteiger partial charge in [0.25, 0.3) is 0 Å². The fourth-order valence-electron chi connectivity index (χ4n) is 1.12. The van der Waals surface area contributed by atoms with Crippen molar-refractivity contribution in [3.05, 3.63) is 22.5 Å². The van der Waals surface area contributed by atoms with Crippen molar-refractivity contribution in [3.8, 4) is 0 Å². The third-order valence-corrected chi connectivity index (χ3v) is 2.11. The van der Waals surface area contributed by atoms with Gasteiger partial charge in [0.1, 0.15) is 5.70 Å². The van der Waals surface area contributed by atoms with Crippen molar-refractivity contribution in [1.29, 1.82) is 5.41 Å². The number of rotatable bonds is 3. The standard InChI is InChI=1S/C9H12ClN3/c1-12-8(4-5-11)9-7(10)3-2-6-13-9/h4-6,11-12H,2-3H2,1H3/b8-4-,11-5?. The van der Waals surface area contributed by atoms with Crippen molar-refractivity contribution in [3.63, 3.8) is 0 Å². The van der Waals surface area contributed by atoms with Crippen molar-refractivity contribution in [1.82, 2.24) is 5.32 Å². The number of likely N-dealkylation sites (N-methyl/N-ethyl adjacent to an activating group) is 1. The summed E-state index contributed by atoms with van der Waals surface area (Å²) in [6.07, 6.45) is 6.42. The van der Waals surface area contributed by atoms with E-state index in [4.69, 9.17) is 17.0 Å². The van der Waals surface area contributed by atoms with Crippen LogP contribution in [0.2, 0.25) is 0 Å². The van der Waals surface area contributed by atoms with Crippen LogP contribution in [0.5, 0.6) is 0 Å². The molecule has 4 heteroatoms. The molecular formula is C9H12ClN3. The van der Waals surface area contributed by atoms with Crippen LogP contribution >= 0.6 is 11.6 Å². The highest BCUT2D eigenvalue weighted by Gasteiger charge is 2.10. The number of hydrogen-bond acceptors (Lipinski definition) is 3. The molecule has 1 rings (SSSR count). The summed E-state index contributed by atoms with van der Waals surface area (Å²) in [6.45, 7) is 0. The molecule has 0 saturated heterocycles. The monoisotopic (exact) mass is 197 g/mol. The fourth-order valence-corrected chi connectivity index (χ4v) is 1.37. The van der Waals surface area contributed by atoms with Crippen molar-refractivity contribution >= 4 is 24.0 Å². The molecule has 0 aromatic rings. The van der Waals surface area contributed by atoms with Gasteiger partial charge < -0.3 is 10.7 Å². The Kier molecular flexibility index (Phi) is 3.71. The maximum absolute atomic E-state index is 6.96. The molecule has 0 spiro atoms. The lowest BCUT2D eigenvalue weighted by Gasteiger charge is -2.12. The van der Waals surface area contributed by atoms with E-state index in [1.54, 1.807) is 13.1 Å². The highest BCUT2D eigenvalue weighted by molar-refractivity contribution is 6.30. The van der Waals surface area contributed by atoms with E-state index in [9.17, 15) is 0 Å². The molecule has 0 aromatic heterocycles. The van der Waals surface area contributed by atoms with E-state index in [0.29, 0.717) is 0 Å². The Morgan fingerprint density at radius 2 is 2.54 bits per heavy atom. The second-order valence-electron chi connectivity index (χ2n) is 2.60. The fraction of sp³-hybridized carbons (Fsp3) is 0.333. The van der Waals surface area contributed by atoms with Gasteiger partial charge in [-0.1, -0.05) is 11.6 Å². The first kappa shape index (κ1) is 9.99. The lowest BCUT2D eigenvalue weighted by molar-refractivity contribution is 0.947. The Balaban J connectivity index is 2.96. The summed E-state index contributed by atoms with van der Waals surface area (Å²) in [5.74, 6) is 0. The Morgan fingerprint density at radius 3 is 3.08 bits per heavy atom. The van der Waals surface area contributed by atoms with E-state index in [1.807, 2.05) is 6.21 Å². The van der Waals surface area contributed by atoms with Crippen LogP contribution in [0, 0.1) is 5.41 Å². The van der Waals surface area contributed by atoms with Gasteiger partial charge >= 0.3 is 0 Å². The minimum absolute atomic E-state index is 0.749. The van der Waals surface area contributed by atoms with E-state index < -0.39 is 0 Å². The summed E-state index contributed by atoms with van der Waals surface area (Å²) in [4.78, 5) is 4.19. The molecule has 3 nitrogen and oxygen atoms in total. The van der Waals surface area contributed by atoms with Gasteiger partial charge in [0.2, 0.25) is 0 Å². The van der Waals surface area contributed by atoms with Crippen LogP contribution in [-0.4, -0.2) is 19.5 Å². The van der Waals surface area contributed by atoms with Crippen LogP contribution in [0.15, 0.2) is 27.5 Å². The molecule has 13 heavy (non-hydrogen) atoms.